The number of fused-ring (bicyclic) bond motifs is 1. The smallest absolute Gasteiger partial charge is 0.226 e. The van der Waals surface area contributed by atoms with Crippen LogP contribution < -0.4 is 0 Å². The Morgan fingerprint density at radius 2 is 2.06 bits per heavy atom. The van der Waals surface area contributed by atoms with Crippen molar-refractivity contribution < 1.29 is 9.90 Å². The van der Waals surface area contributed by atoms with Crippen LogP contribution in [0.5, 0.6) is 0 Å². The highest BCUT2D eigenvalue weighted by Crippen LogP contribution is 2.55. The van der Waals surface area contributed by atoms with Crippen LogP contribution in [-0.2, 0) is 4.79 Å². The molecule has 3 heteroatoms. The highest BCUT2D eigenvalue weighted by Gasteiger charge is 2.53. The average molecular weight is 233 g/mol. The summed E-state index contributed by atoms with van der Waals surface area (Å²) in [6, 6.07) is 0. The van der Waals surface area contributed by atoms with Crippen LogP contribution in [0.3, 0.4) is 0 Å². The largest absolute Gasteiger partial charge is 0.393 e. The third-order valence-electron chi connectivity index (χ3n) is 4.54. The normalized spacial score (nSPS) is 40.2. The molecule has 1 saturated carbocycles. The molecule has 0 radical (unpaired) electrons. The summed E-state index contributed by atoms with van der Waals surface area (Å²) in [5.41, 5.74) is -0.443. The number of hydrogen-bond acceptors (Lipinski definition) is 2. The minimum absolute atomic E-state index is 0.0358. The SMILES string of the molecule is [C-]#[N+]C1=C[C@@]2(C)C[C@@H](O)CC[C@@H]2C(C)(C)C1=O. The van der Waals surface area contributed by atoms with Gasteiger partial charge >= 0.3 is 0 Å². The molecule has 2 rings (SSSR count). The second kappa shape index (κ2) is 3.68. The zero-order valence-corrected chi connectivity index (χ0v) is 10.7. The van der Waals surface area contributed by atoms with E-state index in [1.54, 1.807) is 6.08 Å². The molecule has 3 nitrogen and oxygen atoms in total. The lowest BCUT2D eigenvalue weighted by molar-refractivity contribution is -0.133. The number of allylic oxidation sites excluding steroid dienone is 2. The maximum atomic E-state index is 12.2. The summed E-state index contributed by atoms with van der Waals surface area (Å²) in [5.74, 6) is 0.197. The molecule has 0 aliphatic heterocycles. The van der Waals surface area contributed by atoms with Gasteiger partial charge in [0.15, 0.2) is 5.78 Å². The molecule has 0 heterocycles. The lowest BCUT2D eigenvalue weighted by Gasteiger charge is -2.51. The minimum atomic E-state index is -0.483. The minimum Gasteiger partial charge on any atom is -0.393 e. The van der Waals surface area contributed by atoms with Crippen LogP contribution in [0.1, 0.15) is 40.0 Å². The van der Waals surface area contributed by atoms with E-state index in [-0.39, 0.29) is 28.9 Å². The molecule has 1 N–H and O–H groups in total. The van der Waals surface area contributed by atoms with E-state index in [9.17, 15) is 9.90 Å². The number of Topliss-reactive ketones (excluding diaryl/α,β-unsaturated/α-hetero) is 1. The van der Waals surface area contributed by atoms with Gasteiger partial charge in [-0.3, -0.25) is 0 Å². The van der Waals surface area contributed by atoms with Crippen molar-refractivity contribution in [3.05, 3.63) is 23.2 Å². The van der Waals surface area contributed by atoms with Crippen molar-refractivity contribution in [1.29, 1.82) is 0 Å². The molecule has 2 aliphatic carbocycles. The van der Waals surface area contributed by atoms with Crippen LogP contribution in [-0.4, -0.2) is 17.0 Å². The molecule has 0 bridgehead atoms. The zero-order chi connectivity index (χ0) is 12.8. The Morgan fingerprint density at radius 3 is 2.65 bits per heavy atom. The predicted molar refractivity (Wildman–Crippen MR) is 64.9 cm³/mol. The Bertz CT molecular complexity index is 430. The third kappa shape index (κ3) is 1.71. The number of ketones is 1. The lowest BCUT2D eigenvalue weighted by Crippen LogP contribution is -2.50. The summed E-state index contributed by atoms with van der Waals surface area (Å²) >= 11 is 0. The second-order valence-corrected chi connectivity index (χ2v) is 6.19. The maximum Gasteiger partial charge on any atom is 0.226 e. The van der Waals surface area contributed by atoms with Gasteiger partial charge in [0.2, 0.25) is 5.70 Å². The zero-order valence-electron chi connectivity index (χ0n) is 10.7. The van der Waals surface area contributed by atoms with E-state index in [0.29, 0.717) is 6.42 Å². The molecule has 17 heavy (non-hydrogen) atoms. The van der Waals surface area contributed by atoms with E-state index in [1.165, 1.54) is 0 Å². The quantitative estimate of drug-likeness (QED) is 0.653. The maximum absolute atomic E-state index is 12.2. The van der Waals surface area contributed by atoms with E-state index in [1.807, 2.05) is 13.8 Å². The van der Waals surface area contributed by atoms with Gasteiger partial charge in [0.25, 0.3) is 0 Å². The fourth-order valence-electron chi connectivity index (χ4n) is 3.73. The van der Waals surface area contributed by atoms with Gasteiger partial charge in [-0.05, 0) is 30.6 Å². The van der Waals surface area contributed by atoms with Crippen molar-refractivity contribution in [2.45, 2.75) is 46.1 Å². The molecule has 0 aromatic carbocycles. The lowest BCUT2D eigenvalue weighted by atomic mass is 9.53. The van der Waals surface area contributed by atoms with Gasteiger partial charge in [0.05, 0.1) is 12.7 Å². The Morgan fingerprint density at radius 1 is 1.41 bits per heavy atom. The number of aliphatic hydroxyl groups excluding tert-OH is 1. The number of hydrogen-bond donors (Lipinski definition) is 1. The summed E-state index contributed by atoms with van der Waals surface area (Å²) in [4.78, 5) is 15.6. The molecular formula is C14H19NO2. The molecule has 2 aliphatic rings. The third-order valence-corrected chi connectivity index (χ3v) is 4.54. The summed E-state index contributed by atoms with van der Waals surface area (Å²) < 4.78 is 0. The molecule has 0 spiro atoms. The molecular weight excluding hydrogens is 214 g/mol. The fourth-order valence-corrected chi connectivity index (χ4v) is 3.73. The summed E-state index contributed by atoms with van der Waals surface area (Å²) in [7, 11) is 0. The van der Waals surface area contributed by atoms with Crippen molar-refractivity contribution >= 4 is 5.78 Å². The Hall–Kier alpha value is -1.14. The van der Waals surface area contributed by atoms with Crippen LogP contribution in [0, 0.1) is 23.3 Å². The van der Waals surface area contributed by atoms with Gasteiger partial charge in [-0.25, -0.2) is 4.85 Å². The van der Waals surface area contributed by atoms with Gasteiger partial charge in [0.1, 0.15) is 0 Å². The molecule has 3 atom stereocenters. The first-order valence-corrected chi connectivity index (χ1v) is 6.14. The topological polar surface area (TPSA) is 41.7 Å². The van der Waals surface area contributed by atoms with Gasteiger partial charge in [0, 0.05) is 5.41 Å². The van der Waals surface area contributed by atoms with Crippen molar-refractivity contribution in [2.75, 3.05) is 0 Å². The van der Waals surface area contributed by atoms with Gasteiger partial charge in [-0.1, -0.05) is 26.8 Å². The van der Waals surface area contributed by atoms with Gasteiger partial charge in [-0.15, -0.1) is 0 Å². The summed E-state index contributed by atoms with van der Waals surface area (Å²) in [6.07, 6.45) is 3.79. The van der Waals surface area contributed by atoms with Crippen molar-refractivity contribution in [3.63, 3.8) is 0 Å². The number of aliphatic hydroxyl groups is 1. The van der Waals surface area contributed by atoms with E-state index >= 15 is 0 Å². The molecule has 0 aromatic heterocycles. The van der Waals surface area contributed by atoms with Crippen LogP contribution in [0.25, 0.3) is 4.85 Å². The van der Waals surface area contributed by atoms with Crippen LogP contribution in [0.4, 0.5) is 0 Å². The molecule has 0 unspecified atom stereocenters. The highest BCUT2D eigenvalue weighted by molar-refractivity contribution is 6.02. The average Bonchev–Trinajstić information content (AvgIpc) is 2.23. The van der Waals surface area contributed by atoms with Crippen molar-refractivity contribution in [2.24, 2.45) is 16.7 Å². The highest BCUT2D eigenvalue weighted by atomic mass is 16.3. The van der Waals surface area contributed by atoms with Crippen molar-refractivity contribution in [1.82, 2.24) is 0 Å². The molecule has 1 fully saturated rings. The fraction of sp³-hybridized carbons (Fsp3) is 0.714. The number of carbonyl (C=O) groups is 1. The van der Waals surface area contributed by atoms with Crippen molar-refractivity contribution in [3.8, 4) is 0 Å². The van der Waals surface area contributed by atoms with Crippen LogP contribution in [0.15, 0.2) is 11.8 Å². The van der Waals surface area contributed by atoms with E-state index in [0.717, 1.165) is 12.8 Å². The first-order chi connectivity index (χ1) is 7.81. The van der Waals surface area contributed by atoms with E-state index in [4.69, 9.17) is 6.57 Å². The van der Waals surface area contributed by atoms with Crippen LogP contribution in [0.2, 0.25) is 0 Å². The van der Waals surface area contributed by atoms with E-state index in [2.05, 4.69) is 11.8 Å². The monoisotopic (exact) mass is 233 g/mol. The predicted octanol–water partition coefficient (Wildman–Crippen LogP) is 2.57. The summed E-state index contributed by atoms with van der Waals surface area (Å²) in [6.45, 7) is 13.1. The first kappa shape index (κ1) is 12.3. The van der Waals surface area contributed by atoms with Gasteiger partial charge < -0.3 is 9.90 Å². The summed E-state index contributed by atoms with van der Waals surface area (Å²) in [5, 5.41) is 9.82. The molecule has 0 amide bonds. The number of rotatable bonds is 0. The molecule has 0 aromatic rings. The standard InChI is InChI=1S/C14H19NO2/c1-13(2)11-6-5-9(16)7-14(11,3)8-10(15-4)12(13)17/h8-9,11,16H,5-7H2,1-3H3/t9-,11+,14+/m0/s1. The molecule has 0 saturated heterocycles. The Kier molecular flexibility index (Phi) is 2.67. The Balaban J connectivity index is 2.51. The second-order valence-electron chi connectivity index (χ2n) is 6.19. The van der Waals surface area contributed by atoms with E-state index < -0.39 is 5.41 Å². The molecule has 92 valence electrons. The first-order valence-electron chi connectivity index (χ1n) is 6.14. The Labute approximate surface area is 102 Å². The van der Waals surface area contributed by atoms with Gasteiger partial charge in [-0.2, -0.15) is 0 Å². The number of nitrogens with zero attached hydrogens (tertiary/aromatic N) is 1. The number of carbonyl (C=O) groups excluding carboxylic acids is 1. The van der Waals surface area contributed by atoms with Crippen LogP contribution >= 0.6 is 0 Å².